The molecule has 3 aromatic heterocycles. The maximum absolute atomic E-state index is 13.2. The van der Waals surface area contributed by atoms with E-state index in [1.165, 1.54) is 0 Å². The van der Waals surface area contributed by atoms with Crippen LogP contribution in [-0.2, 0) is 7.05 Å². The fraction of sp³-hybridized carbons (Fsp3) is 0.375. The number of imidazole rings is 1. The number of benzene rings is 1. The molecule has 1 N–H and O–H groups in total. The molecule has 3 heterocycles. The molecule has 31 heavy (non-hydrogen) atoms. The zero-order valence-corrected chi connectivity index (χ0v) is 18.0. The van der Waals surface area contributed by atoms with E-state index in [9.17, 15) is 9.90 Å². The van der Waals surface area contributed by atoms with E-state index < -0.39 is 0 Å². The molecule has 7 heteroatoms. The van der Waals surface area contributed by atoms with Gasteiger partial charge in [-0.2, -0.15) is 0 Å². The molecule has 0 radical (unpaired) electrons. The van der Waals surface area contributed by atoms with Crippen molar-refractivity contribution in [2.24, 2.45) is 7.05 Å². The number of ether oxygens (including phenoxy) is 1. The third kappa shape index (κ3) is 3.20. The van der Waals surface area contributed by atoms with E-state index in [4.69, 9.17) is 4.74 Å². The van der Waals surface area contributed by atoms with Crippen molar-refractivity contribution in [3.8, 4) is 17.0 Å². The van der Waals surface area contributed by atoms with Gasteiger partial charge in [0, 0.05) is 35.8 Å². The van der Waals surface area contributed by atoms with Crippen LogP contribution >= 0.6 is 0 Å². The number of nitrogens with zero attached hydrogens (tertiary/aromatic N) is 4. The Balaban J connectivity index is 1.73. The van der Waals surface area contributed by atoms with Gasteiger partial charge in [0.2, 0.25) is 5.88 Å². The van der Waals surface area contributed by atoms with Gasteiger partial charge in [-0.15, -0.1) is 0 Å². The Kier molecular flexibility index (Phi) is 4.78. The summed E-state index contributed by atoms with van der Waals surface area (Å²) in [4.78, 5) is 22.2. The number of rotatable bonds is 3. The van der Waals surface area contributed by atoms with Crippen molar-refractivity contribution in [3.63, 3.8) is 0 Å². The number of pyridine rings is 2. The van der Waals surface area contributed by atoms with Crippen LogP contribution in [0.1, 0.15) is 37.3 Å². The van der Waals surface area contributed by atoms with Gasteiger partial charge >= 0.3 is 5.69 Å². The molecule has 7 nitrogen and oxygen atoms in total. The van der Waals surface area contributed by atoms with Gasteiger partial charge in [0.05, 0.1) is 36.0 Å². The lowest BCUT2D eigenvalue weighted by Crippen LogP contribution is -2.29. The predicted octanol–water partition coefficient (Wildman–Crippen LogP) is 3.74. The molecule has 1 saturated carbocycles. The molecular formula is C24H26N4O3. The highest BCUT2D eigenvalue weighted by Gasteiger charge is 2.26. The molecule has 0 unspecified atom stereocenters. The van der Waals surface area contributed by atoms with Gasteiger partial charge in [0.1, 0.15) is 0 Å². The lowest BCUT2D eigenvalue weighted by Gasteiger charge is -2.26. The van der Waals surface area contributed by atoms with Crippen molar-refractivity contribution < 1.29 is 9.84 Å². The van der Waals surface area contributed by atoms with E-state index in [1.54, 1.807) is 31.1 Å². The van der Waals surface area contributed by atoms with E-state index in [1.807, 2.05) is 23.6 Å². The second-order valence-electron chi connectivity index (χ2n) is 8.45. The van der Waals surface area contributed by atoms with Crippen molar-refractivity contribution in [2.45, 2.75) is 44.8 Å². The van der Waals surface area contributed by atoms with E-state index in [0.29, 0.717) is 5.88 Å². The topological polar surface area (TPSA) is 82.2 Å². The number of hydrogen-bond acceptors (Lipinski definition) is 5. The SMILES string of the molecule is COc1ncc(-c2ccc3ncc4c(c3c2)n([C@H]2CC[C@H](O)CC2)c(=O)n4C)cc1C. The van der Waals surface area contributed by atoms with E-state index in [2.05, 4.69) is 22.1 Å². The molecule has 160 valence electrons. The summed E-state index contributed by atoms with van der Waals surface area (Å²) in [6.45, 7) is 1.97. The van der Waals surface area contributed by atoms with E-state index in [-0.39, 0.29) is 17.8 Å². The van der Waals surface area contributed by atoms with Crippen LogP contribution in [0.3, 0.4) is 0 Å². The van der Waals surface area contributed by atoms with Gasteiger partial charge in [-0.05, 0) is 56.4 Å². The summed E-state index contributed by atoms with van der Waals surface area (Å²) in [5.74, 6) is 0.616. The monoisotopic (exact) mass is 418 g/mol. The van der Waals surface area contributed by atoms with Gasteiger partial charge < -0.3 is 9.84 Å². The maximum atomic E-state index is 13.2. The molecule has 0 aliphatic heterocycles. The Morgan fingerprint density at radius 2 is 1.84 bits per heavy atom. The first kappa shape index (κ1) is 19.8. The molecule has 4 aromatic rings. The van der Waals surface area contributed by atoms with Crippen LogP contribution < -0.4 is 10.4 Å². The molecule has 1 aliphatic rings. The lowest BCUT2D eigenvalue weighted by atomic mass is 9.92. The largest absolute Gasteiger partial charge is 0.481 e. The Labute approximate surface area is 179 Å². The standard InChI is InChI=1S/C24H26N4O3/c1-14-10-16(12-26-23(14)31-3)15-4-9-20-19(11-15)22-21(13-25-20)27(2)24(30)28(22)17-5-7-18(29)8-6-17/h4,9-13,17-18,29H,5-8H2,1-3H3/t17-,18-. The van der Waals surface area contributed by atoms with Gasteiger partial charge in [0.25, 0.3) is 0 Å². The summed E-state index contributed by atoms with van der Waals surface area (Å²) >= 11 is 0. The van der Waals surface area contributed by atoms with Gasteiger partial charge in [0.15, 0.2) is 0 Å². The number of aliphatic hydroxyl groups excluding tert-OH is 1. The zero-order chi connectivity index (χ0) is 21.7. The first-order valence-corrected chi connectivity index (χ1v) is 10.7. The lowest BCUT2D eigenvalue weighted by molar-refractivity contribution is 0.111. The molecule has 0 spiro atoms. The fourth-order valence-corrected chi connectivity index (χ4v) is 4.80. The van der Waals surface area contributed by atoms with Crippen molar-refractivity contribution in [3.05, 3.63) is 52.7 Å². The van der Waals surface area contributed by atoms with Crippen LogP contribution in [0.2, 0.25) is 0 Å². The summed E-state index contributed by atoms with van der Waals surface area (Å²) < 4.78 is 8.89. The fourth-order valence-electron chi connectivity index (χ4n) is 4.80. The summed E-state index contributed by atoms with van der Waals surface area (Å²) in [7, 11) is 3.42. The minimum Gasteiger partial charge on any atom is -0.481 e. The Morgan fingerprint density at radius 3 is 2.55 bits per heavy atom. The number of hydrogen-bond donors (Lipinski definition) is 1. The smallest absolute Gasteiger partial charge is 0.329 e. The second kappa shape index (κ2) is 7.50. The Morgan fingerprint density at radius 1 is 1.06 bits per heavy atom. The normalized spacial score (nSPS) is 19.2. The first-order valence-electron chi connectivity index (χ1n) is 10.7. The second-order valence-corrected chi connectivity index (χ2v) is 8.45. The van der Waals surface area contributed by atoms with Crippen molar-refractivity contribution in [1.82, 2.24) is 19.1 Å². The van der Waals surface area contributed by atoms with Crippen molar-refractivity contribution in [1.29, 1.82) is 0 Å². The van der Waals surface area contributed by atoms with Crippen molar-refractivity contribution in [2.75, 3.05) is 7.11 Å². The summed E-state index contributed by atoms with van der Waals surface area (Å²) in [5, 5.41) is 10.9. The van der Waals surface area contributed by atoms with Gasteiger partial charge in [-0.1, -0.05) is 6.07 Å². The molecule has 1 fully saturated rings. The first-order chi connectivity index (χ1) is 15.0. The molecule has 0 atom stereocenters. The number of aliphatic hydroxyl groups is 1. The Bertz CT molecular complexity index is 1350. The highest BCUT2D eigenvalue weighted by Crippen LogP contribution is 2.34. The third-order valence-corrected chi connectivity index (χ3v) is 6.50. The molecule has 1 aromatic carbocycles. The number of aromatic nitrogens is 4. The Hall–Kier alpha value is -3.19. The minimum absolute atomic E-state index is 0.0296. The average Bonchev–Trinajstić information content (AvgIpc) is 3.04. The van der Waals surface area contributed by atoms with Crippen LogP contribution in [0.5, 0.6) is 5.88 Å². The third-order valence-electron chi connectivity index (χ3n) is 6.50. The van der Waals surface area contributed by atoms with Gasteiger partial charge in [-0.25, -0.2) is 9.78 Å². The molecule has 1 aliphatic carbocycles. The summed E-state index contributed by atoms with van der Waals surface area (Å²) in [6, 6.07) is 8.27. The highest BCUT2D eigenvalue weighted by atomic mass is 16.5. The highest BCUT2D eigenvalue weighted by molar-refractivity contribution is 6.04. The van der Waals surface area contributed by atoms with Crippen LogP contribution in [0, 0.1) is 6.92 Å². The average molecular weight is 418 g/mol. The van der Waals surface area contributed by atoms with Crippen LogP contribution in [0.25, 0.3) is 33.1 Å². The number of fused-ring (bicyclic) bond motifs is 3. The minimum atomic E-state index is -0.266. The molecule has 5 rings (SSSR count). The molecule has 0 saturated heterocycles. The van der Waals surface area contributed by atoms with E-state index in [0.717, 1.165) is 64.3 Å². The zero-order valence-electron chi connectivity index (χ0n) is 18.0. The van der Waals surface area contributed by atoms with Crippen molar-refractivity contribution >= 4 is 21.9 Å². The van der Waals surface area contributed by atoms with Crippen LogP contribution in [-0.4, -0.2) is 37.4 Å². The predicted molar refractivity (Wildman–Crippen MR) is 121 cm³/mol. The van der Waals surface area contributed by atoms with Gasteiger partial charge in [-0.3, -0.25) is 14.1 Å². The number of methoxy groups -OCH3 is 1. The summed E-state index contributed by atoms with van der Waals surface area (Å²) in [6.07, 6.45) is 6.36. The molecule has 0 bridgehead atoms. The molecule has 0 amide bonds. The quantitative estimate of drug-likeness (QED) is 0.548. The van der Waals surface area contributed by atoms with Crippen LogP contribution in [0.4, 0.5) is 0 Å². The number of aryl methyl sites for hydroxylation is 2. The molecular weight excluding hydrogens is 392 g/mol. The van der Waals surface area contributed by atoms with Crippen LogP contribution in [0.15, 0.2) is 41.5 Å². The maximum Gasteiger partial charge on any atom is 0.329 e. The van der Waals surface area contributed by atoms with E-state index >= 15 is 0 Å². The summed E-state index contributed by atoms with van der Waals surface area (Å²) in [5.41, 5.74) is 5.53.